The van der Waals surface area contributed by atoms with E-state index < -0.39 is 0 Å². The monoisotopic (exact) mass is 234 g/mol. The summed E-state index contributed by atoms with van der Waals surface area (Å²) in [4.78, 5) is 14.1. The fourth-order valence-electron chi connectivity index (χ4n) is 2.65. The minimum Gasteiger partial charge on any atom is -0.319 e. The Morgan fingerprint density at radius 3 is 2.94 bits per heavy atom. The molecule has 0 bridgehead atoms. The molecule has 1 aromatic rings. The number of rotatable bonds is 3. The van der Waals surface area contributed by atoms with Gasteiger partial charge in [0.15, 0.2) is 0 Å². The minimum atomic E-state index is 0.0903. The Kier molecular flexibility index (Phi) is 4.00. The third-order valence-corrected chi connectivity index (χ3v) is 3.77. The summed E-state index contributed by atoms with van der Waals surface area (Å²) in [6.07, 6.45) is 7.03. The fraction of sp³-hybridized carbons (Fsp3) is 0.643. The van der Waals surface area contributed by atoms with Gasteiger partial charge in [0.05, 0.1) is 0 Å². The zero-order chi connectivity index (χ0) is 12.3. The van der Waals surface area contributed by atoms with Crippen LogP contribution in [0.1, 0.15) is 38.2 Å². The highest BCUT2D eigenvalue weighted by Crippen LogP contribution is 2.21. The summed E-state index contributed by atoms with van der Waals surface area (Å²) in [5, 5.41) is 0. The quantitative estimate of drug-likeness (QED) is 0.800. The largest absolute Gasteiger partial charge is 0.319 e. The molecule has 94 valence electrons. The molecule has 0 unspecified atom stereocenters. The van der Waals surface area contributed by atoms with E-state index in [1.807, 2.05) is 6.20 Å². The maximum atomic E-state index is 11.6. The summed E-state index contributed by atoms with van der Waals surface area (Å²) in [6.45, 7) is 4.36. The number of piperidine rings is 1. The summed E-state index contributed by atoms with van der Waals surface area (Å²) in [7, 11) is 1.79. The first kappa shape index (κ1) is 12.4. The van der Waals surface area contributed by atoms with Gasteiger partial charge in [-0.3, -0.25) is 9.69 Å². The van der Waals surface area contributed by atoms with Crippen molar-refractivity contribution in [1.29, 1.82) is 0 Å². The van der Waals surface area contributed by atoms with Gasteiger partial charge in [0.2, 0.25) is 0 Å². The molecule has 3 heteroatoms. The first-order chi connectivity index (χ1) is 8.20. The molecule has 1 aliphatic heterocycles. The Hall–Kier alpha value is -1.09. The molecule has 2 rings (SSSR count). The van der Waals surface area contributed by atoms with Gasteiger partial charge in [-0.05, 0) is 37.4 Å². The van der Waals surface area contributed by atoms with E-state index in [1.54, 1.807) is 17.7 Å². The van der Waals surface area contributed by atoms with Crippen LogP contribution in [0.5, 0.6) is 0 Å². The second kappa shape index (κ2) is 5.50. The van der Waals surface area contributed by atoms with Crippen molar-refractivity contribution in [2.24, 2.45) is 7.05 Å². The van der Waals surface area contributed by atoms with Crippen LogP contribution in [0.3, 0.4) is 0 Å². The number of nitrogens with zero attached hydrogens (tertiary/aromatic N) is 2. The van der Waals surface area contributed by atoms with E-state index in [0.717, 1.165) is 12.1 Å². The van der Waals surface area contributed by atoms with Crippen LogP contribution in [-0.4, -0.2) is 22.1 Å². The third-order valence-electron chi connectivity index (χ3n) is 3.77. The smallest absolute Gasteiger partial charge is 0.250 e. The predicted octanol–water partition coefficient (Wildman–Crippen LogP) is 2.15. The van der Waals surface area contributed by atoms with Crippen molar-refractivity contribution in [1.82, 2.24) is 9.47 Å². The van der Waals surface area contributed by atoms with Gasteiger partial charge in [-0.15, -0.1) is 0 Å². The topological polar surface area (TPSA) is 25.2 Å². The van der Waals surface area contributed by atoms with Gasteiger partial charge >= 0.3 is 0 Å². The van der Waals surface area contributed by atoms with Gasteiger partial charge in [0.25, 0.3) is 5.56 Å². The highest BCUT2D eigenvalue weighted by atomic mass is 16.1. The van der Waals surface area contributed by atoms with Crippen molar-refractivity contribution in [3.05, 3.63) is 34.2 Å². The third kappa shape index (κ3) is 2.97. The number of aromatic nitrogens is 1. The van der Waals surface area contributed by atoms with Crippen molar-refractivity contribution < 1.29 is 0 Å². The van der Waals surface area contributed by atoms with Crippen molar-refractivity contribution in [3.8, 4) is 0 Å². The SMILES string of the molecule is CC[C@H]1CCCCN1Cc1ccn(C)c(=O)c1. The van der Waals surface area contributed by atoms with Crippen LogP contribution >= 0.6 is 0 Å². The predicted molar refractivity (Wildman–Crippen MR) is 70.0 cm³/mol. The summed E-state index contributed by atoms with van der Waals surface area (Å²) < 4.78 is 1.62. The highest BCUT2D eigenvalue weighted by molar-refractivity contribution is 5.11. The van der Waals surface area contributed by atoms with Crippen molar-refractivity contribution >= 4 is 0 Å². The lowest BCUT2D eigenvalue weighted by Crippen LogP contribution is -2.38. The van der Waals surface area contributed by atoms with Gasteiger partial charge in [0, 0.05) is 31.9 Å². The normalized spacial score (nSPS) is 21.6. The van der Waals surface area contributed by atoms with Gasteiger partial charge in [-0.25, -0.2) is 0 Å². The maximum Gasteiger partial charge on any atom is 0.250 e. The minimum absolute atomic E-state index is 0.0903. The van der Waals surface area contributed by atoms with E-state index in [9.17, 15) is 4.79 Å². The van der Waals surface area contributed by atoms with E-state index in [1.165, 1.54) is 32.2 Å². The van der Waals surface area contributed by atoms with Crippen LogP contribution in [0.25, 0.3) is 0 Å². The number of aryl methyl sites for hydroxylation is 1. The summed E-state index contributed by atoms with van der Waals surface area (Å²) >= 11 is 0. The number of pyridine rings is 1. The molecular weight excluding hydrogens is 212 g/mol. The molecule has 1 atom stereocenters. The Morgan fingerprint density at radius 2 is 2.24 bits per heavy atom. The molecule has 0 radical (unpaired) electrons. The van der Waals surface area contributed by atoms with E-state index in [0.29, 0.717) is 6.04 Å². The molecule has 1 saturated heterocycles. The second-order valence-corrected chi connectivity index (χ2v) is 5.01. The Morgan fingerprint density at radius 1 is 1.41 bits per heavy atom. The molecule has 0 amide bonds. The molecule has 1 aromatic heterocycles. The Bertz CT molecular complexity index is 424. The van der Waals surface area contributed by atoms with Crippen molar-refractivity contribution in [2.75, 3.05) is 6.54 Å². The number of hydrogen-bond acceptors (Lipinski definition) is 2. The zero-order valence-electron chi connectivity index (χ0n) is 10.9. The molecular formula is C14H22N2O. The van der Waals surface area contributed by atoms with Crippen LogP contribution in [-0.2, 0) is 13.6 Å². The molecule has 0 aromatic carbocycles. The highest BCUT2D eigenvalue weighted by Gasteiger charge is 2.20. The van der Waals surface area contributed by atoms with Crippen LogP contribution < -0.4 is 5.56 Å². The van der Waals surface area contributed by atoms with Crippen LogP contribution in [0.2, 0.25) is 0 Å². The Labute approximate surface area is 103 Å². The molecule has 0 spiro atoms. The van der Waals surface area contributed by atoms with Crippen LogP contribution in [0.4, 0.5) is 0 Å². The fourth-order valence-corrected chi connectivity index (χ4v) is 2.65. The molecule has 1 fully saturated rings. The first-order valence-corrected chi connectivity index (χ1v) is 6.60. The number of likely N-dealkylation sites (tertiary alicyclic amines) is 1. The molecule has 2 heterocycles. The van der Waals surface area contributed by atoms with E-state index in [-0.39, 0.29) is 5.56 Å². The second-order valence-electron chi connectivity index (χ2n) is 5.01. The summed E-state index contributed by atoms with van der Waals surface area (Å²) in [5.74, 6) is 0. The van der Waals surface area contributed by atoms with Crippen molar-refractivity contribution in [2.45, 2.75) is 45.2 Å². The van der Waals surface area contributed by atoms with Crippen molar-refractivity contribution in [3.63, 3.8) is 0 Å². The average Bonchev–Trinajstić information content (AvgIpc) is 2.34. The van der Waals surface area contributed by atoms with Gasteiger partial charge in [-0.1, -0.05) is 13.3 Å². The number of hydrogen-bond donors (Lipinski definition) is 0. The molecule has 3 nitrogen and oxygen atoms in total. The first-order valence-electron chi connectivity index (χ1n) is 6.60. The van der Waals surface area contributed by atoms with E-state index in [4.69, 9.17) is 0 Å². The van der Waals surface area contributed by atoms with Gasteiger partial charge < -0.3 is 4.57 Å². The maximum absolute atomic E-state index is 11.6. The van der Waals surface area contributed by atoms with Gasteiger partial charge in [0.1, 0.15) is 0 Å². The summed E-state index contributed by atoms with van der Waals surface area (Å²) in [6, 6.07) is 4.53. The van der Waals surface area contributed by atoms with E-state index >= 15 is 0 Å². The molecule has 0 saturated carbocycles. The lowest BCUT2D eigenvalue weighted by atomic mass is 9.99. The molecule has 1 aliphatic rings. The molecule has 0 N–H and O–H groups in total. The van der Waals surface area contributed by atoms with Crippen LogP contribution in [0.15, 0.2) is 23.1 Å². The zero-order valence-corrected chi connectivity index (χ0v) is 10.9. The summed E-state index contributed by atoms with van der Waals surface area (Å²) in [5.41, 5.74) is 1.24. The molecule has 17 heavy (non-hydrogen) atoms. The lowest BCUT2D eigenvalue weighted by molar-refractivity contribution is 0.136. The molecule has 0 aliphatic carbocycles. The lowest BCUT2D eigenvalue weighted by Gasteiger charge is -2.35. The van der Waals surface area contributed by atoms with Gasteiger partial charge in [-0.2, -0.15) is 0 Å². The Balaban J connectivity index is 2.08. The van der Waals surface area contributed by atoms with Crippen LogP contribution in [0, 0.1) is 0 Å². The average molecular weight is 234 g/mol. The standard InChI is InChI=1S/C14H22N2O/c1-3-13-6-4-5-8-16(13)11-12-7-9-15(2)14(17)10-12/h7,9-10,13H,3-6,8,11H2,1-2H3/t13-/m0/s1. The van der Waals surface area contributed by atoms with E-state index in [2.05, 4.69) is 17.9 Å².